The molecule has 4 aromatic rings. The molecule has 1 amide bonds. The summed E-state index contributed by atoms with van der Waals surface area (Å²) < 4.78 is 31.9. The van der Waals surface area contributed by atoms with Crippen LogP contribution >= 0.6 is 0 Å². The van der Waals surface area contributed by atoms with E-state index < -0.39 is 18.3 Å². The molecule has 1 aromatic carbocycles. The highest BCUT2D eigenvalue weighted by Gasteiger charge is 2.22. The van der Waals surface area contributed by atoms with Crippen LogP contribution in [0.3, 0.4) is 0 Å². The standard InChI is InChI=1S/C23H26F2N6O3/c1-12(32)7-8-31-17-6-5-13(34-22(24)25)9-14(17)18(30-31)16-11-27-20-19(28-16)15(10-26-20)21(33)29-23(2,3)4/h5-6,9-12,22,32H,7-8H2,1-4H3,(H,26,27)(H,29,33). The van der Waals surface area contributed by atoms with Gasteiger partial charge in [0, 0.05) is 23.7 Å². The summed E-state index contributed by atoms with van der Waals surface area (Å²) in [5.41, 5.74) is 2.13. The fourth-order valence-electron chi connectivity index (χ4n) is 3.59. The van der Waals surface area contributed by atoms with E-state index in [0.717, 1.165) is 0 Å². The highest BCUT2D eigenvalue weighted by molar-refractivity contribution is 6.05. The number of aromatic amines is 1. The van der Waals surface area contributed by atoms with Crippen molar-refractivity contribution < 1.29 is 23.4 Å². The summed E-state index contributed by atoms with van der Waals surface area (Å²) >= 11 is 0. The Morgan fingerprint density at radius 3 is 2.76 bits per heavy atom. The Labute approximate surface area is 194 Å². The van der Waals surface area contributed by atoms with Gasteiger partial charge in [-0.3, -0.25) is 9.48 Å². The van der Waals surface area contributed by atoms with Crippen LogP contribution in [0.25, 0.3) is 33.5 Å². The zero-order valence-electron chi connectivity index (χ0n) is 19.3. The SMILES string of the molecule is CC(O)CCn1nc(-c2cnc3[nH]cc(C(=O)NC(C)(C)C)c3n2)c2cc(OC(F)F)ccc21. The minimum absolute atomic E-state index is 0.0141. The average Bonchev–Trinajstić information content (AvgIpc) is 3.31. The number of aliphatic hydroxyl groups is 1. The Morgan fingerprint density at radius 2 is 2.09 bits per heavy atom. The van der Waals surface area contributed by atoms with Gasteiger partial charge in [-0.2, -0.15) is 13.9 Å². The number of H-pyrrole nitrogens is 1. The average molecular weight is 472 g/mol. The minimum Gasteiger partial charge on any atom is -0.435 e. The Bertz CT molecular complexity index is 1340. The molecule has 0 aliphatic carbocycles. The van der Waals surface area contributed by atoms with E-state index >= 15 is 0 Å². The number of alkyl halides is 2. The van der Waals surface area contributed by atoms with Crippen molar-refractivity contribution in [1.82, 2.24) is 30.0 Å². The molecule has 0 saturated carbocycles. The van der Waals surface area contributed by atoms with Crippen molar-refractivity contribution in [3.05, 3.63) is 36.2 Å². The number of nitrogens with one attached hydrogen (secondary N) is 2. The first-order valence-corrected chi connectivity index (χ1v) is 10.8. The van der Waals surface area contributed by atoms with E-state index in [2.05, 4.69) is 30.1 Å². The summed E-state index contributed by atoms with van der Waals surface area (Å²) in [7, 11) is 0. The third kappa shape index (κ3) is 4.98. The van der Waals surface area contributed by atoms with Crippen LogP contribution in [0.4, 0.5) is 8.78 Å². The number of carbonyl (C=O) groups is 1. The molecule has 0 radical (unpaired) electrons. The summed E-state index contributed by atoms with van der Waals surface area (Å²) in [5.74, 6) is -0.315. The van der Waals surface area contributed by atoms with Crippen LogP contribution in [0, 0.1) is 0 Å². The van der Waals surface area contributed by atoms with Gasteiger partial charge < -0.3 is 20.1 Å². The molecule has 0 aliphatic heterocycles. The molecule has 3 aromatic heterocycles. The lowest BCUT2D eigenvalue weighted by Crippen LogP contribution is -2.40. The third-order valence-corrected chi connectivity index (χ3v) is 5.06. The number of halogens is 2. The zero-order chi connectivity index (χ0) is 24.6. The molecule has 0 bridgehead atoms. The number of carbonyl (C=O) groups excluding carboxylic acids is 1. The number of hydrogen-bond donors (Lipinski definition) is 3. The van der Waals surface area contributed by atoms with Crippen LogP contribution in [-0.4, -0.2) is 54.0 Å². The Morgan fingerprint density at radius 1 is 1.32 bits per heavy atom. The summed E-state index contributed by atoms with van der Waals surface area (Å²) in [5, 5.41) is 17.8. The third-order valence-electron chi connectivity index (χ3n) is 5.06. The number of hydrogen-bond acceptors (Lipinski definition) is 6. The molecule has 0 fully saturated rings. The number of aliphatic hydroxyl groups excluding tert-OH is 1. The maximum atomic E-state index is 12.8. The monoisotopic (exact) mass is 472 g/mol. The Kier molecular flexibility index (Phi) is 6.22. The summed E-state index contributed by atoms with van der Waals surface area (Å²) in [6.07, 6.45) is 2.96. The van der Waals surface area contributed by atoms with E-state index in [1.807, 2.05) is 20.8 Å². The molecular weight excluding hydrogens is 446 g/mol. The molecule has 1 atom stereocenters. The fraction of sp³-hybridized carbons (Fsp3) is 0.391. The predicted octanol–water partition coefficient (Wildman–Crippen LogP) is 3.88. The molecule has 34 heavy (non-hydrogen) atoms. The van der Waals surface area contributed by atoms with E-state index in [0.29, 0.717) is 52.0 Å². The molecule has 3 heterocycles. The lowest BCUT2D eigenvalue weighted by atomic mass is 10.1. The lowest BCUT2D eigenvalue weighted by molar-refractivity contribution is -0.0497. The van der Waals surface area contributed by atoms with E-state index in [9.17, 15) is 18.7 Å². The van der Waals surface area contributed by atoms with E-state index in [1.165, 1.54) is 18.3 Å². The van der Waals surface area contributed by atoms with Gasteiger partial charge in [0.1, 0.15) is 22.7 Å². The molecule has 1 unspecified atom stereocenters. The second-order valence-electron chi connectivity index (χ2n) is 9.13. The molecule has 4 rings (SSSR count). The van der Waals surface area contributed by atoms with Crippen LogP contribution in [0.5, 0.6) is 5.75 Å². The van der Waals surface area contributed by atoms with E-state index in [-0.39, 0.29) is 11.7 Å². The first kappa shape index (κ1) is 23.6. The van der Waals surface area contributed by atoms with Crippen LogP contribution < -0.4 is 10.1 Å². The Hall–Kier alpha value is -3.60. The molecule has 11 heteroatoms. The van der Waals surface area contributed by atoms with Crippen molar-refractivity contribution in [2.24, 2.45) is 0 Å². The zero-order valence-corrected chi connectivity index (χ0v) is 19.3. The second-order valence-corrected chi connectivity index (χ2v) is 9.13. The minimum atomic E-state index is -2.97. The fourth-order valence-corrected chi connectivity index (χ4v) is 3.59. The first-order valence-electron chi connectivity index (χ1n) is 10.8. The number of fused-ring (bicyclic) bond motifs is 2. The largest absolute Gasteiger partial charge is 0.435 e. The highest BCUT2D eigenvalue weighted by Crippen LogP contribution is 2.31. The van der Waals surface area contributed by atoms with Gasteiger partial charge in [-0.1, -0.05) is 0 Å². The number of nitrogens with zero attached hydrogens (tertiary/aromatic N) is 4. The van der Waals surface area contributed by atoms with Gasteiger partial charge in [-0.05, 0) is 52.3 Å². The molecule has 180 valence electrons. The molecule has 9 nitrogen and oxygen atoms in total. The van der Waals surface area contributed by atoms with Gasteiger partial charge in [0.15, 0.2) is 5.65 Å². The molecule has 0 spiro atoms. The summed E-state index contributed by atoms with van der Waals surface area (Å²) in [6, 6.07) is 4.55. The van der Waals surface area contributed by atoms with Crippen molar-refractivity contribution in [1.29, 1.82) is 0 Å². The quantitative estimate of drug-likeness (QED) is 0.376. The van der Waals surface area contributed by atoms with Gasteiger partial charge in [0.25, 0.3) is 5.91 Å². The Balaban J connectivity index is 1.83. The van der Waals surface area contributed by atoms with Gasteiger partial charge in [0.2, 0.25) is 0 Å². The molecule has 0 aliphatic rings. The normalized spacial score (nSPS) is 13.1. The van der Waals surface area contributed by atoms with Crippen LogP contribution in [0.15, 0.2) is 30.6 Å². The van der Waals surface area contributed by atoms with Crippen LogP contribution in [0.2, 0.25) is 0 Å². The maximum Gasteiger partial charge on any atom is 0.387 e. The lowest BCUT2D eigenvalue weighted by Gasteiger charge is -2.19. The number of amides is 1. The van der Waals surface area contributed by atoms with Crippen molar-refractivity contribution >= 4 is 28.0 Å². The predicted molar refractivity (Wildman–Crippen MR) is 123 cm³/mol. The van der Waals surface area contributed by atoms with Crippen molar-refractivity contribution in [3.8, 4) is 17.1 Å². The number of rotatable bonds is 7. The smallest absolute Gasteiger partial charge is 0.387 e. The van der Waals surface area contributed by atoms with E-state index in [4.69, 9.17) is 0 Å². The van der Waals surface area contributed by atoms with E-state index in [1.54, 1.807) is 23.9 Å². The highest BCUT2D eigenvalue weighted by atomic mass is 19.3. The van der Waals surface area contributed by atoms with Crippen molar-refractivity contribution in [3.63, 3.8) is 0 Å². The number of benzene rings is 1. The second kappa shape index (κ2) is 8.98. The van der Waals surface area contributed by atoms with Gasteiger partial charge in [-0.15, -0.1) is 0 Å². The van der Waals surface area contributed by atoms with Crippen LogP contribution in [0.1, 0.15) is 44.5 Å². The summed E-state index contributed by atoms with van der Waals surface area (Å²) in [6.45, 7) is 4.75. The first-order chi connectivity index (χ1) is 16.0. The van der Waals surface area contributed by atoms with Crippen molar-refractivity contribution in [2.75, 3.05) is 0 Å². The molecular formula is C23H26F2N6O3. The maximum absolute atomic E-state index is 12.8. The van der Waals surface area contributed by atoms with Gasteiger partial charge in [0.05, 0.1) is 23.4 Å². The van der Waals surface area contributed by atoms with Gasteiger partial charge in [-0.25, -0.2) is 9.97 Å². The molecule has 0 saturated heterocycles. The summed E-state index contributed by atoms with van der Waals surface area (Å²) in [4.78, 5) is 24.7. The number of aryl methyl sites for hydroxylation is 1. The van der Waals surface area contributed by atoms with Gasteiger partial charge >= 0.3 is 6.61 Å². The van der Waals surface area contributed by atoms with Crippen LogP contribution in [-0.2, 0) is 6.54 Å². The van der Waals surface area contributed by atoms with Crippen molar-refractivity contribution in [2.45, 2.75) is 58.9 Å². The molecule has 3 N–H and O–H groups in total. The number of aromatic nitrogens is 5. The topological polar surface area (TPSA) is 118 Å². The number of ether oxygens (including phenoxy) is 1.